The van der Waals surface area contributed by atoms with E-state index in [0.29, 0.717) is 24.2 Å². The number of hydrogen-bond acceptors (Lipinski definition) is 6. The van der Waals surface area contributed by atoms with Crippen LogP contribution in [0, 0.1) is 5.92 Å². The van der Waals surface area contributed by atoms with Crippen molar-refractivity contribution in [1.82, 2.24) is 10.3 Å². The van der Waals surface area contributed by atoms with Crippen LogP contribution in [-0.4, -0.2) is 45.4 Å². The molecule has 3 N–H and O–H groups in total. The van der Waals surface area contributed by atoms with E-state index in [-0.39, 0.29) is 0 Å². The number of carbonyl (C=O) groups is 2. The summed E-state index contributed by atoms with van der Waals surface area (Å²) in [6.45, 7) is 15.0. The van der Waals surface area contributed by atoms with Gasteiger partial charge in [-0.05, 0) is 60.6 Å². The predicted octanol–water partition coefficient (Wildman–Crippen LogP) is 3.67. The average Bonchev–Trinajstić information content (AvgIpc) is 3.05. The van der Waals surface area contributed by atoms with Crippen molar-refractivity contribution in [2.24, 2.45) is 5.92 Å². The van der Waals surface area contributed by atoms with E-state index in [1.165, 1.54) is 6.08 Å². The van der Waals surface area contributed by atoms with Crippen LogP contribution in [0.25, 0.3) is 10.9 Å². The van der Waals surface area contributed by atoms with Gasteiger partial charge in [0.2, 0.25) is 5.41 Å². The predicted molar refractivity (Wildman–Crippen MR) is 126 cm³/mol. The molecular weight excluding hydrogens is 420 g/mol. The van der Waals surface area contributed by atoms with Gasteiger partial charge in [0.1, 0.15) is 16.8 Å². The normalized spacial score (nSPS) is 26.4. The van der Waals surface area contributed by atoms with Gasteiger partial charge in [0, 0.05) is 22.4 Å². The number of fused-ring (bicyclic) bond motifs is 6. The molecule has 1 saturated heterocycles. The number of aromatic nitrogens is 1. The van der Waals surface area contributed by atoms with Gasteiger partial charge >= 0.3 is 11.9 Å². The van der Waals surface area contributed by atoms with Crippen LogP contribution in [0.2, 0.25) is 0 Å². The Morgan fingerprint density at radius 3 is 2.21 bits per heavy atom. The largest absolute Gasteiger partial charge is 0.459 e. The van der Waals surface area contributed by atoms with Gasteiger partial charge in [-0.2, -0.15) is 0 Å². The number of aromatic amines is 1. The van der Waals surface area contributed by atoms with E-state index in [4.69, 9.17) is 9.47 Å². The molecule has 2 aliphatic rings. The number of H-pyrrole nitrogens is 1. The first-order valence-corrected chi connectivity index (χ1v) is 11.4. The molecule has 1 fully saturated rings. The SMILES string of the molecule is C=C[C@@]1(O)[C@@H]2NCC[C@H]1C(C(=O)OC(C)(C)C)(C(=O)OC(C)(C)C)c1[nH]c3ccccc3c12. The highest BCUT2D eigenvalue weighted by Crippen LogP contribution is 2.57. The number of carbonyl (C=O) groups excluding carboxylic acids is 2. The molecular formula is C26H34N2O5. The van der Waals surface area contributed by atoms with Crippen molar-refractivity contribution in [3.63, 3.8) is 0 Å². The molecule has 7 nitrogen and oxygen atoms in total. The van der Waals surface area contributed by atoms with E-state index in [0.717, 1.165) is 10.9 Å². The molecule has 0 unspecified atom stereocenters. The Labute approximate surface area is 194 Å². The standard InChI is InChI=1S/C26H34N2O5/c1-8-25(31)17-13-14-27-19(25)18-15-11-9-10-12-16(15)28-20(18)26(17,21(29)32-23(2,3)4)22(30)33-24(5,6)7/h8-12,17,19,27-28,31H,1,13-14H2,2-7H3/t17-,19-,25+/m1/s1. The number of rotatable bonds is 3. The summed E-state index contributed by atoms with van der Waals surface area (Å²) >= 11 is 0. The number of ether oxygens (including phenoxy) is 2. The van der Waals surface area contributed by atoms with Crippen LogP contribution in [0.1, 0.15) is 65.3 Å². The summed E-state index contributed by atoms with van der Waals surface area (Å²) in [7, 11) is 0. The fraction of sp³-hybridized carbons (Fsp3) is 0.538. The Balaban J connectivity index is 2.11. The van der Waals surface area contributed by atoms with Crippen molar-refractivity contribution < 1.29 is 24.2 Å². The van der Waals surface area contributed by atoms with E-state index >= 15 is 0 Å². The quantitative estimate of drug-likeness (QED) is 0.372. The second-order valence-corrected chi connectivity index (χ2v) is 11.1. The Bertz CT molecular complexity index is 1090. The van der Waals surface area contributed by atoms with Gasteiger partial charge in [0.05, 0.1) is 11.7 Å². The molecule has 0 radical (unpaired) electrons. The minimum absolute atomic E-state index is 0.353. The summed E-state index contributed by atoms with van der Waals surface area (Å²) in [6, 6.07) is 7.03. The third-order valence-corrected chi connectivity index (χ3v) is 6.52. The molecule has 1 aliphatic carbocycles. The molecule has 1 aliphatic heterocycles. The molecule has 0 spiro atoms. The van der Waals surface area contributed by atoms with Crippen LogP contribution < -0.4 is 5.32 Å². The summed E-state index contributed by atoms with van der Waals surface area (Å²) < 4.78 is 11.7. The van der Waals surface area contributed by atoms with Crippen molar-refractivity contribution in [1.29, 1.82) is 0 Å². The third kappa shape index (κ3) is 3.49. The highest BCUT2D eigenvalue weighted by atomic mass is 16.6. The lowest BCUT2D eigenvalue weighted by atomic mass is 9.54. The highest BCUT2D eigenvalue weighted by molar-refractivity contribution is 6.09. The number of esters is 2. The Morgan fingerprint density at radius 1 is 1.09 bits per heavy atom. The van der Waals surface area contributed by atoms with Crippen LogP contribution in [-0.2, 0) is 24.5 Å². The van der Waals surface area contributed by atoms with E-state index in [1.54, 1.807) is 41.5 Å². The molecule has 0 amide bonds. The first-order valence-electron chi connectivity index (χ1n) is 11.4. The van der Waals surface area contributed by atoms with Crippen molar-refractivity contribution in [3.8, 4) is 0 Å². The van der Waals surface area contributed by atoms with E-state index in [1.807, 2.05) is 24.3 Å². The molecule has 7 heteroatoms. The number of aliphatic hydroxyl groups is 1. The minimum atomic E-state index is -1.89. The van der Waals surface area contributed by atoms with Crippen LogP contribution in [0.3, 0.4) is 0 Å². The lowest BCUT2D eigenvalue weighted by Gasteiger charge is -2.55. The zero-order chi connectivity index (χ0) is 24.4. The van der Waals surface area contributed by atoms with Gasteiger partial charge in [0.25, 0.3) is 0 Å². The second-order valence-electron chi connectivity index (χ2n) is 11.1. The highest BCUT2D eigenvalue weighted by Gasteiger charge is 2.70. The van der Waals surface area contributed by atoms with Crippen molar-refractivity contribution in [3.05, 3.63) is 48.2 Å². The molecule has 1 aromatic heterocycles. The average molecular weight is 455 g/mol. The molecule has 3 atom stereocenters. The lowest BCUT2D eigenvalue weighted by Crippen LogP contribution is -2.69. The Hall–Kier alpha value is -2.64. The fourth-order valence-corrected chi connectivity index (χ4v) is 5.36. The maximum absolute atomic E-state index is 14.1. The van der Waals surface area contributed by atoms with Crippen molar-refractivity contribution in [2.75, 3.05) is 6.54 Å². The molecule has 2 bridgehead atoms. The summed E-state index contributed by atoms with van der Waals surface area (Å²) in [5.41, 5.74) is -3.33. The number of nitrogens with one attached hydrogen (secondary N) is 2. The number of para-hydroxylation sites is 1. The van der Waals surface area contributed by atoms with Gasteiger partial charge in [-0.1, -0.05) is 24.3 Å². The minimum Gasteiger partial charge on any atom is -0.459 e. The maximum Gasteiger partial charge on any atom is 0.330 e. The molecule has 178 valence electrons. The molecule has 33 heavy (non-hydrogen) atoms. The topological polar surface area (TPSA) is 101 Å². The summed E-state index contributed by atoms with van der Waals surface area (Å²) in [4.78, 5) is 31.5. The van der Waals surface area contributed by atoms with Gasteiger partial charge < -0.3 is 24.9 Å². The molecule has 2 aromatic rings. The number of piperidine rings is 1. The smallest absolute Gasteiger partial charge is 0.330 e. The van der Waals surface area contributed by atoms with E-state index < -0.39 is 46.1 Å². The Morgan fingerprint density at radius 2 is 1.67 bits per heavy atom. The molecule has 1 aromatic carbocycles. The zero-order valence-electron chi connectivity index (χ0n) is 20.2. The second kappa shape index (κ2) is 7.43. The number of benzene rings is 1. The van der Waals surface area contributed by atoms with Crippen molar-refractivity contribution >= 4 is 22.8 Å². The first-order chi connectivity index (χ1) is 15.3. The summed E-state index contributed by atoms with van der Waals surface area (Å²) in [6.07, 6.45) is 1.80. The third-order valence-electron chi connectivity index (χ3n) is 6.52. The molecule has 2 heterocycles. The van der Waals surface area contributed by atoms with E-state index in [9.17, 15) is 14.7 Å². The summed E-state index contributed by atoms with van der Waals surface area (Å²) in [5, 5.41) is 16.2. The maximum atomic E-state index is 14.1. The van der Waals surface area contributed by atoms with Crippen LogP contribution >= 0.6 is 0 Å². The van der Waals surface area contributed by atoms with Crippen LogP contribution in [0.15, 0.2) is 36.9 Å². The zero-order valence-corrected chi connectivity index (χ0v) is 20.2. The van der Waals surface area contributed by atoms with Gasteiger partial charge in [-0.3, -0.25) is 9.59 Å². The monoisotopic (exact) mass is 454 g/mol. The van der Waals surface area contributed by atoms with Gasteiger partial charge in [-0.15, -0.1) is 6.58 Å². The fourth-order valence-electron chi connectivity index (χ4n) is 5.36. The van der Waals surface area contributed by atoms with Crippen molar-refractivity contribution in [2.45, 2.75) is 76.2 Å². The summed E-state index contributed by atoms with van der Waals surface area (Å²) in [5.74, 6) is -2.30. The molecule has 4 rings (SSSR count). The Kier molecular flexibility index (Phi) is 5.30. The lowest BCUT2D eigenvalue weighted by molar-refractivity contribution is -0.192. The van der Waals surface area contributed by atoms with Crippen LogP contribution in [0.5, 0.6) is 0 Å². The van der Waals surface area contributed by atoms with Crippen LogP contribution in [0.4, 0.5) is 0 Å². The molecule has 0 saturated carbocycles. The number of hydrogen-bond donors (Lipinski definition) is 3. The first kappa shape index (κ1) is 23.5. The van der Waals surface area contributed by atoms with Gasteiger partial charge in [-0.25, -0.2) is 0 Å². The van der Waals surface area contributed by atoms with E-state index in [2.05, 4.69) is 16.9 Å². The van der Waals surface area contributed by atoms with Gasteiger partial charge in [0.15, 0.2) is 0 Å².